The van der Waals surface area contributed by atoms with Crippen LogP contribution in [-0.4, -0.2) is 34.7 Å². The Morgan fingerprint density at radius 3 is 2.10 bits per heavy atom. The molecule has 2 heteroatoms. The number of nitrogens with zero attached hydrogens (tertiary/aromatic N) is 1. The van der Waals surface area contributed by atoms with Gasteiger partial charge in [0.2, 0.25) is 0 Å². The highest BCUT2D eigenvalue weighted by Gasteiger charge is 2.32. The minimum Gasteiger partial charge on any atom is -0.392 e. The molecule has 1 aliphatic heterocycles. The predicted octanol–water partition coefficient (Wildman–Crippen LogP) is 0.850. The fourth-order valence-electron chi connectivity index (χ4n) is 1.59. The van der Waals surface area contributed by atoms with Crippen LogP contribution >= 0.6 is 0 Å². The molecule has 2 atom stereocenters. The van der Waals surface area contributed by atoms with E-state index in [9.17, 15) is 5.11 Å². The summed E-state index contributed by atoms with van der Waals surface area (Å²) in [7, 11) is 0. The highest BCUT2D eigenvalue weighted by Crippen LogP contribution is 2.22. The van der Waals surface area contributed by atoms with E-state index in [1.807, 2.05) is 6.92 Å². The largest absolute Gasteiger partial charge is 0.392 e. The van der Waals surface area contributed by atoms with E-state index in [0.29, 0.717) is 12.1 Å². The fraction of sp³-hybridized carbons (Fsp3) is 1.00. The van der Waals surface area contributed by atoms with Crippen molar-refractivity contribution in [3.8, 4) is 0 Å². The van der Waals surface area contributed by atoms with Gasteiger partial charge in [0.25, 0.3) is 0 Å². The van der Waals surface area contributed by atoms with Gasteiger partial charge in [-0.2, -0.15) is 0 Å². The quantitative estimate of drug-likeness (QED) is 0.619. The SMILES string of the molecule is CC(O)C1CCN1C(C)C. The number of hydrogen-bond donors (Lipinski definition) is 1. The van der Waals surface area contributed by atoms with Gasteiger partial charge in [-0.25, -0.2) is 0 Å². The summed E-state index contributed by atoms with van der Waals surface area (Å²) in [6.07, 6.45) is 1.01. The maximum absolute atomic E-state index is 9.25. The molecule has 2 unspecified atom stereocenters. The molecule has 2 nitrogen and oxygen atoms in total. The molecule has 0 bridgehead atoms. The number of hydrogen-bond acceptors (Lipinski definition) is 2. The summed E-state index contributed by atoms with van der Waals surface area (Å²) in [5.74, 6) is 0. The second kappa shape index (κ2) is 2.89. The summed E-state index contributed by atoms with van der Waals surface area (Å²) in [5, 5.41) is 9.25. The second-order valence-electron chi connectivity index (χ2n) is 3.43. The van der Waals surface area contributed by atoms with Crippen molar-refractivity contribution in [1.29, 1.82) is 0 Å². The molecule has 0 saturated carbocycles. The lowest BCUT2D eigenvalue weighted by molar-refractivity contribution is -0.0246. The molecule has 1 rings (SSSR count). The standard InChI is InChI=1S/C8H17NO/c1-6(2)9-5-4-8(9)7(3)10/h6-8,10H,4-5H2,1-3H3. The highest BCUT2D eigenvalue weighted by atomic mass is 16.3. The molecule has 0 aromatic carbocycles. The Hall–Kier alpha value is -0.0800. The molecular weight excluding hydrogens is 126 g/mol. The molecule has 1 N–H and O–H groups in total. The lowest BCUT2D eigenvalue weighted by atomic mass is 9.96. The first-order valence-electron chi connectivity index (χ1n) is 4.06. The van der Waals surface area contributed by atoms with Crippen molar-refractivity contribution >= 4 is 0 Å². The van der Waals surface area contributed by atoms with Gasteiger partial charge in [-0.05, 0) is 27.2 Å². The van der Waals surface area contributed by atoms with Gasteiger partial charge in [-0.1, -0.05) is 0 Å². The summed E-state index contributed by atoms with van der Waals surface area (Å²) in [6, 6.07) is 1.02. The molecule has 0 amide bonds. The maximum atomic E-state index is 9.25. The minimum atomic E-state index is -0.156. The Morgan fingerprint density at radius 2 is 2.00 bits per heavy atom. The summed E-state index contributed by atoms with van der Waals surface area (Å²) >= 11 is 0. The van der Waals surface area contributed by atoms with Gasteiger partial charge in [0, 0.05) is 18.6 Å². The Morgan fingerprint density at radius 1 is 1.40 bits per heavy atom. The zero-order valence-corrected chi connectivity index (χ0v) is 7.04. The van der Waals surface area contributed by atoms with Gasteiger partial charge in [0.05, 0.1) is 6.10 Å². The molecule has 0 spiro atoms. The van der Waals surface area contributed by atoms with Crippen molar-refractivity contribution in [3.05, 3.63) is 0 Å². The van der Waals surface area contributed by atoms with Crippen molar-refractivity contribution < 1.29 is 5.11 Å². The maximum Gasteiger partial charge on any atom is 0.0667 e. The van der Waals surface area contributed by atoms with E-state index >= 15 is 0 Å². The van der Waals surface area contributed by atoms with Crippen molar-refractivity contribution in [1.82, 2.24) is 4.90 Å². The molecule has 0 radical (unpaired) electrons. The number of likely N-dealkylation sites (tertiary alicyclic amines) is 1. The van der Waals surface area contributed by atoms with Crippen molar-refractivity contribution in [2.24, 2.45) is 0 Å². The van der Waals surface area contributed by atoms with E-state index in [0.717, 1.165) is 13.0 Å². The van der Waals surface area contributed by atoms with Crippen molar-refractivity contribution in [2.75, 3.05) is 6.54 Å². The summed E-state index contributed by atoms with van der Waals surface area (Å²) in [6.45, 7) is 7.38. The van der Waals surface area contributed by atoms with Crippen LogP contribution in [0.3, 0.4) is 0 Å². The fourth-order valence-corrected chi connectivity index (χ4v) is 1.59. The third-order valence-corrected chi connectivity index (χ3v) is 2.33. The Kier molecular flexibility index (Phi) is 2.32. The van der Waals surface area contributed by atoms with E-state index in [2.05, 4.69) is 18.7 Å². The van der Waals surface area contributed by atoms with Crippen LogP contribution in [0.15, 0.2) is 0 Å². The monoisotopic (exact) mass is 143 g/mol. The van der Waals surface area contributed by atoms with Gasteiger partial charge in [0.1, 0.15) is 0 Å². The molecule has 1 fully saturated rings. The lowest BCUT2D eigenvalue weighted by Gasteiger charge is -2.45. The minimum absolute atomic E-state index is 0.156. The van der Waals surface area contributed by atoms with Crippen LogP contribution in [-0.2, 0) is 0 Å². The van der Waals surface area contributed by atoms with Crippen LogP contribution in [0.1, 0.15) is 27.2 Å². The zero-order chi connectivity index (χ0) is 7.72. The van der Waals surface area contributed by atoms with Crippen LogP contribution in [0.4, 0.5) is 0 Å². The number of rotatable bonds is 2. The predicted molar refractivity (Wildman–Crippen MR) is 41.9 cm³/mol. The summed E-state index contributed by atoms with van der Waals surface area (Å²) in [5.41, 5.74) is 0. The molecule has 1 aliphatic rings. The normalized spacial score (nSPS) is 30.3. The van der Waals surface area contributed by atoms with Gasteiger partial charge in [-0.15, -0.1) is 0 Å². The molecule has 0 aliphatic carbocycles. The molecule has 60 valence electrons. The second-order valence-corrected chi connectivity index (χ2v) is 3.43. The van der Waals surface area contributed by atoms with Crippen molar-refractivity contribution in [3.63, 3.8) is 0 Å². The van der Waals surface area contributed by atoms with E-state index < -0.39 is 0 Å². The van der Waals surface area contributed by atoms with Gasteiger partial charge in [-0.3, -0.25) is 4.90 Å². The van der Waals surface area contributed by atoms with Gasteiger partial charge in [0.15, 0.2) is 0 Å². The zero-order valence-electron chi connectivity index (χ0n) is 7.04. The van der Waals surface area contributed by atoms with Crippen LogP contribution in [0, 0.1) is 0 Å². The lowest BCUT2D eigenvalue weighted by Crippen LogP contribution is -2.56. The van der Waals surface area contributed by atoms with Crippen molar-refractivity contribution in [2.45, 2.75) is 45.4 Å². The molecular formula is C8H17NO. The first-order chi connectivity index (χ1) is 4.63. The van der Waals surface area contributed by atoms with Crippen LogP contribution in [0.25, 0.3) is 0 Å². The highest BCUT2D eigenvalue weighted by molar-refractivity contribution is 4.88. The molecule has 1 saturated heterocycles. The van der Waals surface area contributed by atoms with Gasteiger partial charge >= 0.3 is 0 Å². The number of aliphatic hydroxyl groups excluding tert-OH is 1. The first-order valence-corrected chi connectivity index (χ1v) is 4.06. The smallest absolute Gasteiger partial charge is 0.0667 e. The summed E-state index contributed by atoms with van der Waals surface area (Å²) < 4.78 is 0. The van der Waals surface area contributed by atoms with E-state index in [-0.39, 0.29) is 6.10 Å². The molecule has 10 heavy (non-hydrogen) atoms. The Bertz CT molecular complexity index is 97.8. The Balaban J connectivity index is 2.36. The Labute approximate surface area is 62.8 Å². The molecule has 0 aromatic rings. The van der Waals surface area contributed by atoms with Crippen LogP contribution in [0.5, 0.6) is 0 Å². The van der Waals surface area contributed by atoms with Crippen LogP contribution in [0.2, 0.25) is 0 Å². The molecule has 0 aromatic heterocycles. The first kappa shape index (κ1) is 8.02. The third-order valence-electron chi connectivity index (χ3n) is 2.33. The van der Waals surface area contributed by atoms with Gasteiger partial charge < -0.3 is 5.11 Å². The molecule has 1 heterocycles. The van der Waals surface area contributed by atoms with Crippen LogP contribution < -0.4 is 0 Å². The van der Waals surface area contributed by atoms with E-state index in [4.69, 9.17) is 0 Å². The average Bonchev–Trinajstić information content (AvgIpc) is 1.56. The topological polar surface area (TPSA) is 23.5 Å². The van der Waals surface area contributed by atoms with E-state index in [1.54, 1.807) is 0 Å². The summed E-state index contributed by atoms with van der Waals surface area (Å²) in [4.78, 5) is 2.34. The van der Waals surface area contributed by atoms with E-state index in [1.165, 1.54) is 0 Å². The third kappa shape index (κ3) is 1.32. The average molecular weight is 143 g/mol. The number of aliphatic hydroxyl groups is 1.